The zero-order valence-corrected chi connectivity index (χ0v) is 15.3. The van der Waals surface area contributed by atoms with Crippen molar-refractivity contribution in [2.45, 2.75) is 83.2 Å². The Morgan fingerprint density at radius 2 is 1.33 bits per heavy atom. The van der Waals surface area contributed by atoms with Gasteiger partial charge in [0.05, 0.1) is 6.10 Å². The molecule has 2 aliphatic rings. The Labute approximate surface area is 148 Å². The van der Waals surface area contributed by atoms with E-state index in [-0.39, 0.29) is 16.9 Å². The zero-order chi connectivity index (χ0) is 17.9. The lowest BCUT2D eigenvalue weighted by atomic mass is 9.68. The first-order valence-corrected chi connectivity index (χ1v) is 9.57. The zero-order valence-electron chi connectivity index (χ0n) is 15.3. The molecule has 0 aliphatic heterocycles. The van der Waals surface area contributed by atoms with Crippen LogP contribution in [0.5, 0.6) is 0 Å². The molecule has 24 heavy (non-hydrogen) atoms. The van der Waals surface area contributed by atoms with Gasteiger partial charge in [0.1, 0.15) is 6.29 Å². The van der Waals surface area contributed by atoms with E-state index in [0.717, 1.165) is 44.8 Å². The normalized spacial score (nSPS) is 23.0. The summed E-state index contributed by atoms with van der Waals surface area (Å²) in [7, 11) is 0. The summed E-state index contributed by atoms with van der Waals surface area (Å²) in [6.07, 6.45) is 19.9. The van der Waals surface area contributed by atoms with E-state index < -0.39 is 0 Å². The molecular weight excluding hydrogens is 296 g/mol. The molecule has 0 aromatic heterocycles. The SMILES string of the molecule is C=CCC1(C(O)C=C)CCCCC1.C=CCC1(C=O)CCCCC1. The van der Waals surface area contributed by atoms with Crippen LogP contribution in [-0.4, -0.2) is 17.5 Å². The summed E-state index contributed by atoms with van der Waals surface area (Å²) in [6, 6.07) is 0. The average Bonchev–Trinajstić information content (AvgIpc) is 2.63. The second kappa shape index (κ2) is 10.7. The van der Waals surface area contributed by atoms with E-state index in [0.29, 0.717) is 0 Å². The highest BCUT2D eigenvalue weighted by atomic mass is 16.3. The third-order valence-corrected chi connectivity index (χ3v) is 5.90. The maximum atomic E-state index is 10.8. The molecule has 1 N–H and O–H groups in total. The van der Waals surface area contributed by atoms with Gasteiger partial charge in [-0.3, -0.25) is 0 Å². The molecular formula is C22H36O2. The third kappa shape index (κ3) is 5.73. The molecule has 2 heteroatoms. The van der Waals surface area contributed by atoms with Crippen molar-refractivity contribution in [3.8, 4) is 0 Å². The van der Waals surface area contributed by atoms with Crippen molar-refractivity contribution < 1.29 is 9.90 Å². The van der Waals surface area contributed by atoms with Gasteiger partial charge in [0.15, 0.2) is 0 Å². The van der Waals surface area contributed by atoms with Crippen LogP contribution in [0.4, 0.5) is 0 Å². The van der Waals surface area contributed by atoms with Crippen LogP contribution in [0, 0.1) is 10.8 Å². The van der Waals surface area contributed by atoms with E-state index in [1.807, 2.05) is 12.2 Å². The quantitative estimate of drug-likeness (QED) is 0.474. The first-order valence-electron chi connectivity index (χ1n) is 9.57. The fraction of sp³-hybridized carbons (Fsp3) is 0.682. The van der Waals surface area contributed by atoms with Crippen LogP contribution in [0.3, 0.4) is 0 Å². The molecule has 0 radical (unpaired) electrons. The highest BCUT2D eigenvalue weighted by molar-refractivity contribution is 5.59. The van der Waals surface area contributed by atoms with Gasteiger partial charge >= 0.3 is 0 Å². The Morgan fingerprint density at radius 1 is 0.833 bits per heavy atom. The van der Waals surface area contributed by atoms with Gasteiger partial charge in [0, 0.05) is 10.8 Å². The lowest BCUT2D eigenvalue weighted by Gasteiger charge is -2.39. The van der Waals surface area contributed by atoms with Gasteiger partial charge in [-0.25, -0.2) is 0 Å². The Morgan fingerprint density at radius 3 is 1.75 bits per heavy atom. The number of aldehydes is 1. The van der Waals surface area contributed by atoms with Crippen molar-refractivity contribution in [2.24, 2.45) is 10.8 Å². The minimum absolute atomic E-state index is 0.0278. The lowest BCUT2D eigenvalue weighted by molar-refractivity contribution is -0.117. The molecule has 0 aromatic carbocycles. The van der Waals surface area contributed by atoms with E-state index in [1.54, 1.807) is 6.08 Å². The summed E-state index contributed by atoms with van der Waals surface area (Å²) in [4.78, 5) is 10.8. The van der Waals surface area contributed by atoms with Gasteiger partial charge in [-0.2, -0.15) is 0 Å². The first-order chi connectivity index (χ1) is 11.6. The summed E-state index contributed by atoms with van der Waals surface area (Å²) in [5.41, 5.74) is 0.0295. The Kier molecular flexibility index (Phi) is 9.28. The van der Waals surface area contributed by atoms with Crippen molar-refractivity contribution in [1.82, 2.24) is 0 Å². The Bertz CT molecular complexity index is 398. The lowest BCUT2D eigenvalue weighted by Crippen LogP contribution is -2.35. The van der Waals surface area contributed by atoms with Crippen molar-refractivity contribution in [2.75, 3.05) is 0 Å². The molecule has 1 unspecified atom stereocenters. The summed E-state index contributed by atoms with van der Waals surface area (Å²) in [5, 5.41) is 9.90. The fourth-order valence-electron chi connectivity index (χ4n) is 4.33. The van der Waals surface area contributed by atoms with Crippen LogP contribution in [0.15, 0.2) is 38.0 Å². The highest BCUT2D eigenvalue weighted by Gasteiger charge is 2.36. The number of aliphatic hydroxyl groups excluding tert-OH is 1. The average molecular weight is 333 g/mol. The molecule has 2 nitrogen and oxygen atoms in total. The topological polar surface area (TPSA) is 37.3 Å². The monoisotopic (exact) mass is 332 g/mol. The molecule has 2 rings (SSSR count). The van der Waals surface area contributed by atoms with E-state index in [4.69, 9.17) is 0 Å². The molecule has 2 saturated carbocycles. The molecule has 0 saturated heterocycles. The maximum absolute atomic E-state index is 10.8. The van der Waals surface area contributed by atoms with Crippen LogP contribution >= 0.6 is 0 Å². The molecule has 0 spiro atoms. The van der Waals surface area contributed by atoms with E-state index in [1.165, 1.54) is 38.5 Å². The number of carbonyl (C=O) groups excluding carboxylic acids is 1. The van der Waals surface area contributed by atoms with Crippen molar-refractivity contribution in [3.63, 3.8) is 0 Å². The Hall–Kier alpha value is -1.15. The summed E-state index contributed by atoms with van der Waals surface area (Å²) < 4.78 is 0. The minimum atomic E-state index is -0.356. The van der Waals surface area contributed by atoms with Gasteiger partial charge in [0.2, 0.25) is 0 Å². The number of hydrogen-bond acceptors (Lipinski definition) is 2. The molecule has 0 amide bonds. The van der Waals surface area contributed by atoms with Gasteiger partial charge in [-0.1, -0.05) is 56.8 Å². The van der Waals surface area contributed by atoms with Crippen LogP contribution in [-0.2, 0) is 4.79 Å². The van der Waals surface area contributed by atoms with Gasteiger partial charge < -0.3 is 9.90 Å². The van der Waals surface area contributed by atoms with Gasteiger partial charge in [-0.15, -0.1) is 19.7 Å². The second-order valence-corrected chi connectivity index (χ2v) is 7.63. The molecule has 0 bridgehead atoms. The molecule has 1 atom stereocenters. The van der Waals surface area contributed by atoms with Crippen LogP contribution in [0.25, 0.3) is 0 Å². The van der Waals surface area contributed by atoms with Gasteiger partial charge in [-0.05, 0) is 38.5 Å². The molecule has 136 valence electrons. The van der Waals surface area contributed by atoms with Crippen molar-refractivity contribution in [1.29, 1.82) is 0 Å². The minimum Gasteiger partial charge on any atom is -0.388 e. The smallest absolute Gasteiger partial charge is 0.126 e. The standard InChI is InChI=1S/C12H20O.C10H16O/c1-3-8-12(11(13)4-2)9-6-5-7-10-12;1-2-6-10(9-11)7-4-3-5-8-10/h3-4,11,13H,1-2,5-10H2;2,9H,1,3-8H2. The van der Waals surface area contributed by atoms with Crippen LogP contribution < -0.4 is 0 Å². The predicted octanol–water partition coefficient (Wildman–Crippen LogP) is 5.77. The predicted molar refractivity (Wildman–Crippen MR) is 103 cm³/mol. The summed E-state index contributed by atoms with van der Waals surface area (Å²) in [6.45, 7) is 11.1. The first kappa shape index (κ1) is 20.9. The molecule has 0 heterocycles. The van der Waals surface area contributed by atoms with Crippen molar-refractivity contribution >= 4 is 6.29 Å². The fourth-order valence-corrected chi connectivity index (χ4v) is 4.33. The van der Waals surface area contributed by atoms with Crippen molar-refractivity contribution in [3.05, 3.63) is 38.0 Å². The number of carbonyl (C=O) groups is 1. The molecule has 0 aromatic rings. The Balaban J connectivity index is 0.000000243. The third-order valence-electron chi connectivity index (χ3n) is 5.90. The van der Waals surface area contributed by atoms with E-state index >= 15 is 0 Å². The molecule has 2 aliphatic carbocycles. The van der Waals surface area contributed by atoms with Crippen LogP contribution in [0.2, 0.25) is 0 Å². The van der Waals surface area contributed by atoms with Crippen LogP contribution in [0.1, 0.15) is 77.0 Å². The van der Waals surface area contributed by atoms with E-state index in [2.05, 4.69) is 19.7 Å². The highest BCUT2D eigenvalue weighted by Crippen LogP contribution is 2.42. The number of rotatable bonds is 7. The van der Waals surface area contributed by atoms with E-state index in [9.17, 15) is 9.90 Å². The summed E-state index contributed by atoms with van der Waals surface area (Å²) in [5.74, 6) is 0. The second-order valence-electron chi connectivity index (χ2n) is 7.63. The maximum Gasteiger partial charge on any atom is 0.126 e. The largest absolute Gasteiger partial charge is 0.388 e. The summed E-state index contributed by atoms with van der Waals surface area (Å²) >= 11 is 0. The number of allylic oxidation sites excluding steroid dienone is 2. The number of aliphatic hydroxyl groups is 1. The molecule has 2 fully saturated rings. The number of hydrogen-bond donors (Lipinski definition) is 1. The van der Waals surface area contributed by atoms with Gasteiger partial charge in [0.25, 0.3) is 0 Å².